The maximum absolute atomic E-state index is 12.9. The van der Waals surface area contributed by atoms with Crippen LogP contribution in [0, 0.1) is 0 Å². The van der Waals surface area contributed by atoms with Crippen LogP contribution in [0.3, 0.4) is 0 Å². The van der Waals surface area contributed by atoms with Gasteiger partial charge in [0.05, 0.1) is 0 Å². The largest absolute Gasteiger partial charge is 0.436 e. The molecule has 186 valence electrons. The van der Waals surface area contributed by atoms with Crippen LogP contribution in [0.1, 0.15) is 24.2 Å². The molecule has 0 spiro atoms. The average molecular weight is 529 g/mol. The first kappa shape index (κ1) is 24.7. The van der Waals surface area contributed by atoms with Crippen molar-refractivity contribution in [3.8, 4) is 11.5 Å². The van der Waals surface area contributed by atoms with E-state index in [1.54, 1.807) is 18.2 Å². The molecule has 8 heteroatoms. The van der Waals surface area contributed by atoms with Crippen LogP contribution in [0.4, 0.5) is 11.4 Å². The fraction of sp³-hybridized carbons (Fsp3) is 0.138. The van der Waals surface area contributed by atoms with Gasteiger partial charge in [-0.05, 0) is 86.0 Å². The predicted molar refractivity (Wildman–Crippen MR) is 156 cm³/mol. The minimum Gasteiger partial charge on any atom is -0.436 e. The van der Waals surface area contributed by atoms with Crippen LogP contribution < -0.4 is 15.5 Å². The third kappa shape index (κ3) is 5.14. The van der Waals surface area contributed by atoms with Gasteiger partial charge in [-0.3, -0.25) is 10.1 Å². The number of oxazole rings is 1. The number of thiocarbonyl (C=S) groups is 1. The van der Waals surface area contributed by atoms with Crippen LogP contribution >= 0.6 is 23.8 Å². The van der Waals surface area contributed by atoms with Gasteiger partial charge >= 0.3 is 0 Å². The Kier molecular flexibility index (Phi) is 7.08. The van der Waals surface area contributed by atoms with E-state index in [4.69, 9.17) is 28.2 Å². The van der Waals surface area contributed by atoms with Gasteiger partial charge < -0.3 is 14.6 Å². The van der Waals surface area contributed by atoms with Crippen molar-refractivity contribution in [1.29, 1.82) is 0 Å². The molecule has 0 bridgehead atoms. The Morgan fingerprint density at radius 2 is 1.70 bits per heavy atom. The number of hydrogen-bond donors (Lipinski definition) is 2. The van der Waals surface area contributed by atoms with Crippen molar-refractivity contribution in [3.63, 3.8) is 0 Å². The summed E-state index contributed by atoms with van der Waals surface area (Å²) >= 11 is 11.7. The molecule has 6 nitrogen and oxygen atoms in total. The quantitative estimate of drug-likeness (QED) is 0.226. The number of fused-ring (bicyclic) bond motifs is 2. The molecule has 0 unspecified atom stereocenters. The number of carbonyl (C=O) groups is 1. The molecule has 0 aliphatic carbocycles. The zero-order chi connectivity index (χ0) is 25.9. The maximum Gasteiger partial charge on any atom is 0.258 e. The Labute approximate surface area is 225 Å². The minimum absolute atomic E-state index is 0.180. The molecule has 5 aromatic rings. The molecule has 0 aliphatic heterocycles. The fourth-order valence-electron chi connectivity index (χ4n) is 4.33. The van der Waals surface area contributed by atoms with E-state index in [-0.39, 0.29) is 11.0 Å². The van der Waals surface area contributed by atoms with Crippen molar-refractivity contribution < 1.29 is 9.21 Å². The van der Waals surface area contributed by atoms with Gasteiger partial charge in [-0.1, -0.05) is 35.9 Å². The lowest BCUT2D eigenvalue weighted by atomic mass is 10.0. The molecule has 1 heterocycles. The molecule has 37 heavy (non-hydrogen) atoms. The van der Waals surface area contributed by atoms with Gasteiger partial charge in [0, 0.05) is 46.0 Å². The fourth-order valence-corrected chi connectivity index (χ4v) is 4.78. The van der Waals surface area contributed by atoms with Crippen molar-refractivity contribution >= 4 is 68.1 Å². The van der Waals surface area contributed by atoms with Crippen molar-refractivity contribution in [3.05, 3.63) is 89.4 Å². The summed E-state index contributed by atoms with van der Waals surface area (Å²) in [6, 6.07) is 24.6. The van der Waals surface area contributed by atoms with E-state index in [1.807, 2.05) is 48.5 Å². The molecular weight excluding hydrogens is 504 g/mol. The van der Waals surface area contributed by atoms with Crippen LogP contribution in [0.25, 0.3) is 33.3 Å². The number of anilines is 2. The molecule has 2 N–H and O–H groups in total. The normalized spacial score (nSPS) is 11.0. The van der Waals surface area contributed by atoms with Crippen LogP contribution in [0.15, 0.2) is 83.3 Å². The number of aromatic nitrogens is 1. The van der Waals surface area contributed by atoms with E-state index >= 15 is 0 Å². The molecule has 0 aliphatic rings. The summed E-state index contributed by atoms with van der Waals surface area (Å²) < 4.78 is 5.97. The third-order valence-corrected chi connectivity index (χ3v) is 6.76. The highest BCUT2D eigenvalue weighted by Gasteiger charge is 2.14. The molecule has 0 fully saturated rings. The summed E-state index contributed by atoms with van der Waals surface area (Å²) in [4.78, 5) is 19.9. The van der Waals surface area contributed by atoms with Gasteiger partial charge in [-0.2, -0.15) is 0 Å². The van der Waals surface area contributed by atoms with Crippen molar-refractivity contribution in [2.45, 2.75) is 13.8 Å². The number of amides is 1. The number of rotatable bonds is 6. The Hall–Kier alpha value is -3.94. The highest BCUT2D eigenvalue weighted by Crippen LogP contribution is 2.28. The summed E-state index contributed by atoms with van der Waals surface area (Å²) in [5, 5.41) is 8.15. The molecule has 0 saturated carbocycles. The lowest BCUT2D eigenvalue weighted by Crippen LogP contribution is -2.34. The topological polar surface area (TPSA) is 70.4 Å². The van der Waals surface area contributed by atoms with E-state index < -0.39 is 0 Å². The van der Waals surface area contributed by atoms with E-state index in [9.17, 15) is 4.79 Å². The lowest BCUT2D eigenvalue weighted by molar-refractivity contribution is 0.0979. The highest BCUT2D eigenvalue weighted by atomic mass is 35.5. The Bertz CT molecular complexity index is 1610. The number of carbonyl (C=O) groups excluding carboxylic acids is 1. The lowest BCUT2D eigenvalue weighted by Gasteiger charge is -2.20. The Balaban J connectivity index is 1.30. The minimum atomic E-state index is -0.316. The van der Waals surface area contributed by atoms with Crippen molar-refractivity contribution in [1.82, 2.24) is 10.3 Å². The summed E-state index contributed by atoms with van der Waals surface area (Å²) in [6.07, 6.45) is 0. The van der Waals surface area contributed by atoms with Gasteiger partial charge in [0.1, 0.15) is 5.52 Å². The van der Waals surface area contributed by atoms with Crippen LogP contribution in [0.2, 0.25) is 5.02 Å². The maximum atomic E-state index is 12.9. The van der Waals surface area contributed by atoms with Gasteiger partial charge in [0.15, 0.2) is 10.7 Å². The Morgan fingerprint density at radius 1 is 0.973 bits per heavy atom. The summed E-state index contributed by atoms with van der Waals surface area (Å²) in [5.74, 6) is 0.229. The average Bonchev–Trinajstić information content (AvgIpc) is 3.33. The second kappa shape index (κ2) is 10.6. The zero-order valence-electron chi connectivity index (χ0n) is 20.4. The SMILES string of the molecule is CCN(CC)c1ccc(-c2nc3cc(NC(=S)NC(=O)c4cccc5c(Cl)cccc45)ccc3o2)cc1. The first-order valence-corrected chi connectivity index (χ1v) is 12.8. The summed E-state index contributed by atoms with van der Waals surface area (Å²) in [7, 11) is 0. The van der Waals surface area contributed by atoms with Crippen LogP contribution in [0.5, 0.6) is 0 Å². The third-order valence-electron chi connectivity index (χ3n) is 6.23. The van der Waals surface area contributed by atoms with Crippen LogP contribution in [-0.4, -0.2) is 29.1 Å². The Morgan fingerprint density at radius 3 is 2.46 bits per heavy atom. The summed E-state index contributed by atoms with van der Waals surface area (Å²) in [5.41, 5.74) is 4.60. The summed E-state index contributed by atoms with van der Waals surface area (Å²) in [6.45, 7) is 6.18. The van der Waals surface area contributed by atoms with E-state index in [1.165, 1.54) is 5.69 Å². The molecule has 4 aromatic carbocycles. The number of benzene rings is 4. The van der Waals surface area contributed by atoms with E-state index in [0.717, 1.165) is 29.4 Å². The van der Waals surface area contributed by atoms with E-state index in [2.05, 4.69) is 46.5 Å². The first-order chi connectivity index (χ1) is 18.0. The monoisotopic (exact) mass is 528 g/mol. The molecule has 1 aromatic heterocycles. The molecule has 0 atom stereocenters. The predicted octanol–water partition coefficient (Wildman–Crippen LogP) is 7.27. The van der Waals surface area contributed by atoms with Gasteiger partial charge in [0.25, 0.3) is 5.91 Å². The molecule has 0 saturated heterocycles. The number of nitrogens with zero attached hydrogens (tertiary/aromatic N) is 2. The second-order valence-electron chi connectivity index (χ2n) is 8.47. The number of halogens is 1. The highest BCUT2D eigenvalue weighted by molar-refractivity contribution is 7.80. The second-order valence-corrected chi connectivity index (χ2v) is 9.28. The van der Waals surface area contributed by atoms with Gasteiger partial charge in [0.2, 0.25) is 5.89 Å². The van der Waals surface area contributed by atoms with Crippen molar-refractivity contribution in [2.75, 3.05) is 23.3 Å². The molecular formula is C29H25ClN4O2S. The van der Waals surface area contributed by atoms with Crippen LogP contribution in [-0.2, 0) is 0 Å². The smallest absolute Gasteiger partial charge is 0.258 e. The van der Waals surface area contributed by atoms with Crippen molar-refractivity contribution in [2.24, 2.45) is 0 Å². The van der Waals surface area contributed by atoms with Gasteiger partial charge in [-0.25, -0.2) is 4.98 Å². The zero-order valence-corrected chi connectivity index (χ0v) is 22.0. The molecule has 1 amide bonds. The van der Waals surface area contributed by atoms with E-state index in [0.29, 0.717) is 33.3 Å². The number of nitrogens with one attached hydrogen (secondary N) is 2. The molecule has 0 radical (unpaired) electrons. The standard InChI is InChI=1S/C29H25ClN4O2S/c1-3-34(4-2)20-14-11-18(12-15-20)28-32-25-17-19(13-16-26(25)36-28)31-29(37)33-27(35)23-9-5-8-22-21(23)7-6-10-24(22)30/h5-17H,3-4H2,1-2H3,(H2,31,33,35,37). The first-order valence-electron chi connectivity index (χ1n) is 12.0. The number of hydrogen-bond acceptors (Lipinski definition) is 5. The van der Waals surface area contributed by atoms with Gasteiger partial charge in [-0.15, -0.1) is 0 Å². The molecule has 5 rings (SSSR count).